The summed E-state index contributed by atoms with van der Waals surface area (Å²) in [5.74, 6) is 0.290. The molecule has 0 amide bonds. The Hall–Kier alpha value is -2.24. The van der Waals surface area contributed by atoms with Gasteiger partial charge in [0.1, 0.15) is 11.1 Å². The molecule has 0 saturated heterocycles. The zero-order valence-corrected chi connectivity index (χ0v) is 19.0. The van der Waals surface area contributed by atoms with Crippen molar-refractivity contribution in [1.29, 1.82) is 5.26 Å². The van der Waals surface area contributed by atoms with Crippen LogP contribution in [0.15, 0.2) is 74.9 Å². The molecular weight excluding hydrogens is 484 g/mol. The average molecular weight is 497 g/mol. The molecule has 29 heavy (non-hydrogen) atoms. The van der Waals surface area contributed by atoms with E-state index in [0.717, 1.165) is 31.0 Å². The van der Waals surface area contributed by atoms with Crippen LogP contribution in [0.2, 0.25) is 0 Å². The van der Waals surface area contributed by atoms with Gasteiger partial charge in [-0.15, -0.1) is 22.7 Å². The summed E-state index contributed by atoms with van der Waals surface area (Å²) in [5.41, 5.74) is 3.07. The monoisotopic (exact) mass is 496 g/mol. The highest BCUT2D eigenvalue weighted by atomic mass is 79.9. The topological polar surface area (TPSA) is 53.8 Å². The van der Waals surface area contributed by atoms with Gasteiger partial charge in [0.05, 0.1) is 26.8 Å². The molecule has 3 nitrogen and oxygen atoms in total. The highest BCUT2D eigenvalue weighted by molar-refractivity contribution is 9.10. The summed E-state index contributed by atoms with van der Waals surface area (Å²) >= 11 is 7.80. The summed E-state index contributed by atoms with van der Waals surface area (Å²) in [4.78, 5) is 18.9. The highest BCUT2D eigenvalue weighted by Gasteiger charge is 2.18. The Morgan fingerprint density at radius 2 is 1.86 bits per heavy atom. The van der Waals surface area contributed by atoms with Crippen molar-refractivity contribution in [3.05, 3.63) is 80.3 Å². The number of pyridine rings is 1. The van der Waals surface area contributed by atoms with Crippen molar-refractivity contribution >= 4 is 56.1 Å². The SMILES string of the molecule is N#Cc1c(-c2ccc(Br)cc2)cc(-c2cccs2)nc1SCC(=O)c1cccs1. The Morgan fingerprint density at radius 1 is 1.10 bits per heavy atom. The molecular formula is C22H13BrN2OS3. The van der Waals surface area contributed by atoms with E-state index in [9.17, 15) is 10.1 Å². The van der Waals surface area contributed by atoms with Crippen molar-refractivity contribution < 1.29 is 4.79 Å². The molecule has 1 aromatic carbocycles. The number of carbonyl (C=O) groups excluding carboxylic acids is 1. The van der Waals surface area contributed by atoms with E-state index in [1.165, 1.54) is 23.1 Å². The zero-order valence-electron chi connectivity index (χ0n) is 15.0. The van der Waals surface area contributed by atoms with E-state index in [0.29, 0.717) is 10.6 Å². The maximum absolute atomic E-state index is 12.5. The second-order valence-corrected chi connectivity index (χ2v) is 9.80. The van der Waals surface area contributed by atoms with Crippen LogP contribution in [-0.2, 0) is 0 Å². The van der Waals surface area contributed by atoms with Gasteiger partial charge in [0, 0.05) is 10.0 Å². The van der Waals surface area contributed by atoms with Gasteiger partial charge in [0.15, 0.2) is 5.78 Å². The zero-order chi connectivity index (χ0) is 20.2. The lowest BCUT2D eigenvalue weighted by molar-refractivity contribution is 0.102. The minimum atomic E-state index is 0.0439. The van der Waals surface area contributed by atoms with Gasteiger partial charge < -0.3 is 0 Å². The third-order valence-corrected chi connectivity index (χ3v) is 7.47. The third-order valence-electron chi connectivity index (χ3n) is 4.16. The molecule has 3 heterocycles. The number of thiophene rings is 2. The molecule has 0 radical (unpaired) electrons. The maximum atomic E-state index is 12.5. The first kappa shape index (κ1) is 20.0. The van der Waals surface area contributed by atoms with E-state index in [-0.39, 0.29) is 11.5 Å². The second kappa shape index (κ2) is 9.06. The van der Waals surface area contributed by atoms with Crippen molar-refractivity contribution in [3.8, 4) is 27.8 Å². The Kier molecular flexibility index (Phi) is 6.26. The van der Waals surface area contributed by atoms with Gasteiger partial charge in [-0.2, -0.15) is 5.26 Å². The van der Waals surface area contributed by atoms with E-state index in [1.807, 2.05) is 65.4 Å². The van der Waals surface area contributed by atoms with Gasteiger partial charge in [-0.3, -0.25) is 4.79 Å². The number of halogens is 1. The number of thioether (sulfide) groups is 1. The number of ketones is 1. The maximum Gasteiger partial charge on any atom is 0.183 e. The van der Waals surface area contributed by atoms with E-state index in [2.05, 4.69) is 22.0 Å². The van der Waals surface area contributed by atoms with Crippen LogP contribution in [-0.4, -0.2) is 16.5 Å². The van der Waals surface area contributed by atoms with Crippen molar-refractivity contribution in [3.63, 3.8) is 0 Å². The number of rotatable bonds is 6. The van der Waals surface area contributed by atoms with Crippen LogP contribution in [0.25, 0.3) is 21.7 Å². The third kappa shape index (κ3) is 4.51. The summed E-state index contributed by atoms with van der Waals surface area (Å²) in [6.07, 6.45) is 0. The van der Waals surface area contributed by atoms with Crippen LogP contribution in [0, 0.1) is 11.3 Å². The molecule has 0 N–H and O–H groups in total. The smallest absolute Gasteiger partial charge is 0.183 e. The van der Waals surface area contributed by atoms with Crippen molar-refractivity contribution in [2.24, 2.45) is 0 Å². The second-order valence-electron chi connectivity index (χ2n) is 6.02. The average Bonchev–Trinajstić information content (AvgIpc) is 3.46. The van der Waals surface area contributed by atoms with Gasteiger partial charge in [-0.1, -0.05) is 52.0 Å². The minimum absolute atomic E-state index is 0.0439. The molecule has 0 aliphatic carbocycles. The van der Waals surface area contributed by atoms with E-state index in [4.69, 9.17) is 4.98 Å². The largest absolute Gasteiger partial charge is 0.292 e. The van der Waals surface area contributed by atoms with Crippen LogP contribution in [0.5, 0.6) is 0 Å². The fourth-order valence-corrected chi connectivity index (χ4v) is 5.38. The van der Waals surface area contributed by atoms with Crippen LogP contribution in [0.3, 0.4) is 0 Å². The number of nitriles is 1. The lowest BCUT2D eigenvalue weighted by Crippen LogP contribution is -2.02. The van der Waals surface area contributed by atoms with Crippen LogP contribution in [0.4, 0.5) is 0 Å². The molecule has 3 aromatic heterocycles. The number of benzene rings is 1. The molecule has 0 unspecified atom stereocenters. The molecule has 0 aliphatic rings. The van der Waals surface area contributed by atoms with E-state index < -0.39 is 0 Å². The molecule has 7 heteroatoms. The molecule has 0 spiro atoms. The molecule has 142 valence electrons. The quantitative estimate of drug-likeness (QED) is 0.210. The Labute approximate surface area is 189 Å². The lowest BCUT2D eigenvalue weighted by Gasteiger charge is -2.11. The molecule has 0 bridgehead atoms. The van der Waals surface area contributed by atoms with Gasteiger partial charge in [0.25, 0.3) is 0 Å². The number of nitrogens with zero attached hydrogens (tertiary/aromatic N) is 2. The van der Waals surface area contributed by atoms with Gasteiger partial charge in [-0.25, -0.2) is 4.98 Å². The number of hydrogen-bond donors (Lipinski definition) is 0. The molecule has 0 fully saturated rings. The highest BCUT2D eigenvalue weighted by Crippen LogP contribution is 2.36. The first-order chi connectivity index (χ1) is 14.2. The van der Waals surface area contributed by atoms with Crippen LogP contribution in [0.1, 0.15) is 15.2 Å². The molecule has 0 atom stereocenters. The summed E-state index contributed by atoms with van der Waals surface area (Å²) in [6.45, 7) is 0. The van der Waals surface area contributed by atoms with Crippen molar-refractivity contribution in [2.75, 3.05) is 5.75 Å². The molecule has 0 saturated carbocycles. The van der Waals surface area contributed by atoms with Gasteiger partial charge in [-0.05, 0) is 46.7 Å². The molecule has 4 aromatic rings. The fourth-order valence-electron chi connectivity index (χ4n) is 2.78. The predicted molar refractivity (Wildman–Crippen MR) is 125 cm³/mol. The van der Waals surface area contributed by atoms with E-state index >= 15 is 0 Å². The Balaban J connectivity index is 1.77. The molecule has 0 aliphatic heterocycles. The Bertz CT molecular complexity index is 1180. The standard InChI is InChI=1S/C22H13BrN2OS3/c23-15-7-5-14(6-8-15)16-11-18(20-3-1-9-27-20)25-22(17(16)12-24)29-13-19(26)21-4-2-10-28-21/h1-11H,13H2. The first-order valence-electron chi connectivity index (χ1n) is 8.60. The Morgan fingerprint density at radius 3 is 2.52 bits per heavy atom. The van der Waals surface area contributed by atoms with Gasteiger partial charge >= 0.3 is 0 Å². The fraction of sp³-hybridized carbons (Fsp3) is 0.0455. The molecule has 4 rings (SSSR count). The summed E-state index contributed by atoms with van der Waals surface area (Å²) in [6, 6.07) is 19.8. The predicted octanol–water partition coefficient (Wildman–Crippen LogP) is 7.15. The number of carbonyl (C=O) groups is 1. The number of Topliss-reactive ketones (excluding diaryl/α,β-unsaturated/α-hetero) is 1. The number of hydrogen-bond acceptors (Lipinski definition) is 6. The summed E-state index contributed by atoms with van der Waals surface area (Å²) in [5, 5.41) is 14.4. The number of aromatic nitrogens is 1. The van der Waals surface area contributed by atoms with Crippen LogP contribution < -0.4 is 0 Å². The van der Waals surface area contributed by atoms with Crippen molar-refractivity contribution in [1.82, 2.24) is 4.98 Å². The van der Waals surface area contributed by atoms with E-state index in [1.54, 1.807) is 11.3 Å². The minimum Gasteiger partial charge on any atom is -0.292 e. The van der Waals surface area contributed by atoms with Gasteiger partial charge in [0.2, 0.25) is 0 Å². The van der Waals surface area contributed by atoms with Crippen LogP contribution >= 0.6 is 50.4 Å². The normalized spacial score (nSPS) is 10.6. The summed E-state index contributed by atoms with van der Waals surface area (Å²) in [7, 11) is 0. The summed E-state index contributed by atoms with van der Waals surface area (Å²) < 4.78 is 0.975. The first-order valence-corrected chi connectivity index (χ1v) is 12.1. The lowest BCUT2D eigenvalue weighted by atomic mass is 10.0. The van der Waals surface area contributed by atoms with Crippen molar-refractivity contribution in [2.45, 2.75) is 5.03 Å².